The van der Waals surface area contributed by atoms with Crippen LogP contribution in [0.15, 0.2) is 217 Å². The summed E-state index contributed by atoms with van der Waals surface area (Å²) in [6.07, 6.45) is 0. The third kappa shape index (κ3) is 5.51. The largest absolute Gasteiger partial charge is 0.456 e. The first-order valence-corrected chi connectivity index (χ1v) is 19.2. The van der Waals surface area contributed by atoms with Gasteiger partial charge in [-0.3, -0.25) is 0 Å². The Balaban J connectivity index is 1.01. The van der Waals surface area contributed by atoms with E-state index >= 15 is 0 Å². The van der Waals surface area contributed by atoms with E-state index in [2.05, 4.69) is 217 Å². The van der Waals surface area contributed by atoms with Crippen LogP contribution in [-0.2, 0) is 0 Å². The Kier molecular flexibility index (Phi) is 7.53. The molecule has 0 spiro atoms. The zero-order valence-electron chi connectivity index (χ0n) is 30.6. The molecule has 0 bridgehead atoms. The van der Waals surface area contributed by atoms with Crippen molar-refractivity contribution in [1.82, 2.24) is 4.57 Å². The zero-order valence-corrected chi connectivity index (χ0v) is 30.6. The number of aromatic nitrogens is 1. The van der Waals surface area contributed by atoms with Crippen molar-refractivity contribution in [3.63, 3.8) is 0 Å². The molecule has 56 heavy (non-hydrogen) atoms. The van der Waals surface area contributed by atoms with Crippen LogP contribution < -0.4 is 0 Å². The van der Waals surface area contributed by atoms with Gasteiger partial charge >= 0.3 is 0 Å². The number of fused-ring (bicyclic) bond motifs is 6. The first kappa shape index (κ1) is 32.0. The van der Waals surface area contributed by atoms with E-state index in [1.807, 2.05) is 0 Å². The minimum atomic E-state index is 0.873. The van der Waals surface area contributed by atoms with Gasteiger partial charge < -0.3 is 8.98 Å². The monoisotopic (exact) mass is 713 g/mol. The summed E-state index contributed by atoms with van der Waals surface area (Å²) in [7, 11) is 0. The predicted molar refractivity (Wildman–Crippen MR) is 235 cm³/mol. The molecule has 0 N–H and O–H groups in total. The van der Waals surface area contributed by atoms with E-state index in [9.17, 15) is 0 Å². The maximum Gasteiger partial charge on any atom is 0.137 e. The van der Waals surface area contributed by atoms with Crippen molar-refractivity contribution in [1.29, 1.82) is 0 Å². The molecule has 262 valence electrons. The maximum absolute atomic E-state index is 6.59. The van der Waals surface area contributed by atoms with Gasteiger partial charge in [0.25, 0.3) is 0 Å². The Morgan fingerprint density at radius 3 is 1.18 bits per heavy atom. The van der Waals surface area contributed by atoms with Crippen LogP contribution in [0, 0.1) is 0 Å². The molecule has 0 radical (unpaired) electrons. The fourth-order valence-electron chi connectivity index (χ4n) is 8.39. The molecule has 0 aliphatic carbocycles. The van der Waals surface area contributed by atoms with Crippen LogP contribution in [0.1, 0.15) is 0 Å². The summed E-state index contributed by atoms with van der Waals surface area (Å²) in [5.74, 6) is 0. The fraction of sp³-hybridized carbons (Fsp3) is 0. The summed E-state index contributed by atoms with van der Waals surface area (Å²) in [6.45, 7) is 0. The van der Waals surface area contributed by atoms with Gasteiger partial charge in [0, 0.05) is 33.3 Å². The number of hydrogen-bond donors (Lipinski definition) is 0. The molecule has 0 aliphatic heterocycles. The molecule has 2 aromatic heterocycles. The predicted octanol–water partition coefficient (Wildman–Crippen LogP) is 15.0. The van der Waals surface area contributed by atoms with Crippen molar-refractivity contribution in [3.05, 3.63) is 212 Å². The highest BCUT2D eigenvalue weighted by molar-refractivity contribution is 6.12. The lowest BCUT2D eigenvalue weighted by Gasteiger charge is -2.09. The van der Waals surface area contributed by atoms with E-state index in [4.69, 9.17) is 4.42 Å². The van der Waals surface area contributed by atoms with Crippen LogP contribution in [-0.4, -0.2) is 4.57 Å². The van der Waals surface area contributed by atoms with Gasteiger partial charge in [-0.15, -0.1) is 0 Å². The van der Waals surface area contributed by atoms with Crippen LogP contribution in [0.3, 0.4) is 0 Å². The molecule has 0 unspecified atom stereocenters. The maximum atomic E-state index is 6.59. The fourth-order valence-corrected chi connectivity index (χ4v) is 8.39. The van der Waals surface area contributed by atoms with Crippen molar-refractivity contribution < 1.29 is 4.42 Å². The number of nitrogens with zero attached hydrogens (tertiary/aromatic N) is 1. The lowest BCUT2D eigenvalue weighted by Crippen LogP contribution is -1.93. The molecule has 0 saturated heterocycles. The molecule has 0 fully saturated rings. The van der Waals surface area contributed by atoms with E-state index in [0.717, 1.165) is 44.2 Å². The van der Waals surface area contributed by atoms with Gasteiger partial charge in [0.1, 0.15) is 11.2 Å². The molecule has 0 atom stereocenters. The van der Waals surface area contributed by atoms with Gasteiger partial charge in [0.05, 0.1) is 11.0 Å². The average Bonchev–Trinajstić information content (AvgIpc) is 3.81. The summed E-state index contributed by atoms with van der Waals surface area (Å²) in [5, 5.41) is 4.67. The topological polar surface area (TPSA) is 18.1 Å². The number of hydrogen-bond acceptors (Lipinski definition) is 1. The summed E-state index contributed by atoms with van der Waals surface area (Å²) < 4.78 is 8.97. The molecule has 2 heteroatoms. The first-order valence-electron chi connectivity index (χ1n) is 19.2. The SMILES string of the molecule is c1ccc(-c2cccc(-c3cccc(-c4ccc5oc6cc(-n7c8ccc(-c9ccccc9)cc8c8cc(-c9ccccc9)ccc87)ccc6c5c4)c3)c2)cc1. The van der Waals surface area contributed by atoms with Crippen molar-refractivity contribution in [2.45, 2.75) is 0 Å². The standard InChI is InChI=1S/C54H35NO/c1-4-12-36(13-5-1)39-18-10-19-40(30-39)41-20-11-21-42(31-41)45-24-29-53-50(34-45)47-26-25-46(35-54(47)56-53)55-51-27-22-43(37-14-6-2-7-15-37)32-48(51)49-33-44(23-28-52(49)55)38-16-8-3-9-17-38/h1-35H. The van der Waals surface area contributed by atoms with Gasteiger partial charge in [0.2, 0.25) is 0 Å². The molecule has 0 amide bonds. The Morgan fingerprint density at radius 2 is 0.661 bits per heavy atom. The van der Waals surface area contributed by atoms with E-state index < -0.39 is 0 Å². The smallest absolute Gasteiger partial charge is 0.137 e. The second kappa shape index (κ2) is 13.2. The second-order valence-corrected chi connectivity index (χ2v) is 14.6. The summed E-state index contributed by atoms with van der Waals surface area (Å²) in [4.78, 5) is 0. The Bertz CT molecular complexity index is 3130. The van der Waals surface area contributed by atoms with Gasteiger partial charge in [-0.1, -0.05) is 146 Å². The highest BCUT2D eigenvalue weighted by Gasteiger charge is 2.17. The van der Waals surface area contributed by atoms with E-state index in [0.29, 0.717) is 0 Å². The molecule has 0 saturated carbocycles. The lowest BCUT2D eigenvalue weighted by atomic mass is 9.96. The van der Waals surface area contributed by atoms with E-state index in [1.54, 1.807) is 0 Å². The Morgan fingerprint density at radius 1 is 0.250 bits per heavy atom. The van der Waals surface area contributed by atoms with Crippen molar-refractivity contribution in [3.8, 4) is 61.3 Å². The number of furan rings is 1. The van der Waals surface area contributed by atoms with Crippen molar-refractivity contribution >= 4 is 43.7 Å². The third-order valence-corrected chi connectivity index (χ3v) is 11.2. The summed E-state index contributed by atoms with van der Waals surface area (Å²) >= 11 is 0. The molecule has 9 aromatic carbocycles. The normalized spacial score (nSPS) is 11.6. The summed E-state index contributed by atoms with van der Waals surface area (Å²) in [6, 6.07) is 76.4. The van der Waals surface area contributed by atoms with E-state index in [-0.39, 0.29) is 0 Å². The molecule has 11 aromatic rings. The number of benzene rings is 9. The molecular formula is C54H35NO. The van der Waals surface area contributed by atoms with Crippen LogP contribution in [0.2, 0.25) is 0 Å². The molecule has 0 aliphatic rings. The quantitative estimate of drug-likeness (QED) is 0.168. The van der Waals surface area contributed by atoms with E-state index in [1.165, 1.54) is 60.8 Å². The van der Waals surface area contributed by atoms with Crippen molar-refractivity contribution in [2.75, 3.05) is 0 Å². The minimum Gasteiger partial charge on any atom is -0.456 e. The molecule has 11 rings (SSSR count). The van der Waals surface area contributed by atoms with Crippen LogP contribution in [0.4, 0.5) is 0 Å². The van der Waals surface area contributed by atoms with Crippen LogP contribution >= 0.6 is 0 Å². The van der Waals surface area contributed by atoms with Gasteiger partial charge in [0.15, 0.2) is 0 Å². The van der Waals surface area contributed by atoms with Crippen LogP contribution in [0.25, 0.3) is 105 Å². The highest BCUT2D eigenvalue weighted by Crippen LogP contribution is 2.40. The minimum absolute atomic E-state index is 0.873. The summed E-state index contributed by atoms with van der Waals surface area (Å²) in [5.41, 5.74) is 17.2. The lowest BCUT2D eigenvalue weighted by molar-refractivity contribution is 0.668. The number of rotatable bonds is 6. The third-order valence-electron chi connectivity index (χ3n) is 11.2. The molecular weight excluding hydrogens is 679 g/mol. The molecule has 2 nitrogen and oxygen atoms in total. The van der Waals surface area contributed by atoms with Gasteiger partial charge in [-0.05, 0) is 116 Å². The van der Waals surface area contributed by atoms with Crippen molar-refractivity contribution in [2.24, 2.45) is 0 Å². The molecule has 2 heterocycles. The first-order chi connectivity index (χ1) is 27.7. The van der Waals surface area contributed by atoms with Crippen LogP contribution in [0.5, 0.6) is 0 Å². The van der Waals surface area contributed by atoms with Gasteiger partial charge in [-0.25, -0.2) is 0 Å². The van der Waals surface area contributed by atoms with Gasteiger partial charge in [-0.2, -0.15) is 0 Å². The highest BCUT2D eigenvalue weighted by atomic mass is 16.3. The Labute approximate surface area is 325 Å². The average molecular weight is 714 g/mol. The second-order valence-electron chi connectivity index (χ2n) is 14.6. The Hall–Kier alpha value is -7.42. The zero-order chi connectivity index (χ0) is 37.0.